The molecule has 0 aromatic carbocycles. The number of aromatic nitrogens is 2. The van der Waals surface area contributed by atoms with Crippen molar-refractivity contribution < 1.29 is 4.92 Å². The highest BCUT2D eigenvalue weighted by Crippen LogP contribution is 2.48. The molecular weight excluding hydrogens is 246 g/mol. The van der Waals surface area contributed by atoms with Gasteiger partial charge in [-0.2, -0.15) is 0 Å². The smallest absolute Gasteiger partial charge is 0.353 e. The van der Waals surface area contributed by atoms with Gasteiger partial charge in [0, 0.05) is 13.1 Å². The van der Waals surface area contributed by atoms with E-state index in [2.05, 4.69) is 27.5 Å². The number of rotatable bonds is 7. The van der Waals surface area contributed by atoms with Gasteiger partial charge in [-0.15, -0.1) is 0 Å². The van der Waals surface area contributed by atoms with Crippen molar-refractivity contribution in [1.82, 2.24) is 9.97 Å². The number of nitrogens with zero attached hydrogens (tertiary/aromatic N) is 3. The Kier molecular flexibility index (Phi) is 3.82. The van der Waals surface area contributed by atoms with Gasteiger partial charge in [-0.1, -0.05) is 6.92 Å². The maximum atomic E-state index is 11.2. The summed E-state index contributed by atoms with van der Waals surface area (Å²) in [6.07, 6.45) is 4.78. The van der Waals surface area contributed by atoms with Crippen molar-refractivity contribution in [3.8, 4) is 0 Å². The van der Waals surface area contributed by atoms with E-state index in [4.69, 9.17) is 0 Å². The maximum Gasteiger partial charge on any atom is 0.353 e. The highest BCUT2D eigenvalue weighted by Gasteiger charge is 2.40. The second-order valence-corrected chi connectivity index (χ2v) is 4.91. The summed E-state index contributed by atoms with van der Waals surface area (Å²) in [5, 5.41) is 17.2. The van der Waals surface area contributed by atoms with Crippen LogP contribution in [0.4, 0.5) is 17.3 Å². The average molecular weight is 265 g/mol. The van der Waals surface area contributed by atoms with Gasteiger partial charge in [0.2, 0.25) is 11.6 Å². The molecule has 1 aromatic heterocycles. The Labute approximate surface area is 112 Å². The van der Waals surface area contributed by atoms with Crippen LogP contribution in [0.5, 0.6) is 0 Å². The number of hydrogen-bond donors (Lipinski definition) is 2. The molecule has 1 aliphatic rings. The predicted octanol–water partition coefficient (Wildman–Crippen LogP) is 2.42. The summed E-state index contributed by atoms with van der Waals surface area (Å²) in [6.45, 7) is 5.32. The van der Waals surface area contributed by atoms with E-state index in [1.165, 1.54) is 19.2 Å². The van der Waals surface area contributed by atoms with Crippen LogP contribution in [0.1, 0.15) is 33.1 Å². The summed E-state index contributed by atoms with van der Waals surface area (Å²) in [7, 11) is 0. The summed E-state index contributed by atoms with van der Waals surface area (Å²) in [6, 6.07) is 0. The van der Waals surface area contributed by atoms with Gasteiger partial charge in [-0.05, 0) is 31.6 Å². The van der Waals surface area contributed by atoms with E-state index in [0.29, 0.717) is 17.8 Å². The fourth-order valence-electron chi connectivity index (χ4n) is 2.08. The van der Waals surface area contributed by atoms with Crippen LogP contribution in [0.25, 0.3) is 0 Å². The SMILES string of the molecule is CCNc1ncnc(NCC2(CC)CC2)c1[N+](=O)[O-]. The van der Waals surface area contributed by atoms with E-state index in [0.717, 1.165) is 13.0 Å². The van der Waals surface area contributed by atoms with Crippen LogP contribution in [0.3, 0.4) is 0 Å². The third-order valence-corrected chi connectivity index (χ3v) is 3.69. The maximum absolute atomic E-state index is 11.2. The van der Waals surface area contributed by atoms with Crippen molar-refractivity contribution >= 4 is 17.3 Å². The second kappa shape index (κ2) is 5.38. The Balaban J connectivity index is 2.19. The highest BCUT2D eigenvalue weighted by molar-refractivity contribution is 5.69. The molecule has 0 radical (unpaired) electrons. The van der Waals surface area contributed by atoms with E-state index in [1.54, 1.807) is 0 Å². The van der Waals surface area contributed by atoms with Gasteiger partial charge in [-0.25, -0.2) is 9.97 Å². The van der Waals surface area contributed by atoms with Crippen LogP contribution in [0.2, 0.25) is 0 Å². The molecule has 2 rings (SSSR count). The van der Waals surface area contributed by atoms with Crippen LogP contribution in [-0.2, 0) is 0 Å². The molecule has 1 fully saturated rings. The Hall–Kier alpha value is -1.92. The highest BCUT2D eigenvalue weighted by atomic mass is 16.6. The van der Waals surface area contributed by atoms with E-state index < -0.39 is 4.92 Å². The molecule has 19 heavy (non-hydrogen) atoms. The van der Waals surface area contributed by atoms with E-state index in [1.807, 2.05) is 6.92 Å². The van der Waals surface area contributed by atoms with Crippen molar-refractivity contribution in [3.05, 3.63) is 16.4 Å². The molecule has 0 amide bonds. The van der Waals surface area contributed by atoms with Crippen LogP contribution >= 0.6 is 0 Å². The molecule has 0 atom stereocenters. The van der Waals surface area contributed by atoms with Gasteiger partial charge in [0.25, 0.3) is 0 Å². The first-order valence-corrected chi connectivity index (χ1v) is 6.59. The minimum Gasteiger partial charge on any atom is -0.364 e. The van der Waals surface area contributed by atoms with Crippen molar-refractivity contribution in [1.29, 1.82) is 0 Å². The van der Waals surface area contributed by atoms with Gasteiger partial charge in [0.05, 0.1) is 4.92 Å². The lowest BCUT2D eigenvalue weighted by Gasteiger charge is -2.14. The van der Waals surface area contributed by atoms with E-state index in [-0.39, 0.29) is 11.5 Å². The first kappa shape index (κ1) is 13.5. The Bertz CT molecular complexity index is 473. The molecule has 0 spiro atoms. The van der Waals surface area contributed by atoms with Crippen molar-refractivity contribution in [2.24, 2.45) is 5.41 Å². The topological polar surface area (TPSA) is 93.0 Å². The number of anilines is 2. The Morgan fingerprint density at radius 3 is 2.42 bits per heavy atom. The van der Waals surface area contributed by atoms with Crippen molar-refractivity contribution in [2.45, 2.75) is 33.1 Å². The zero-order valence-electron chi connectivity index (χ0n) is 11.3. The van der Waals surface area contributed by atoms with Crippen LogP contribution in [0.15, 0.2) is 6.33 Å². The first-order chi connectivity index (χ1) is 9.12. The monoisotopic (exact) mass is 265 g/mol. The molecule has 1 saturated carbocycles. The molecule has 7 heteroatoms. The summed E-state index contributed by atoms with van der Waals surface area (Å²) in [5.74, 6) is 0.571. The number of hydrogen-bond acceptors (Lipinski definition) is 6. The third-order valence-electron chi connectivity index (χ3n) is 3.69. The largest absolute Gasteiger partial charge is 0.364 e. The van der Waals surface area contributed by atoms with E-state index >= 15 is 0 Å². The molecule has 1 aromatic rings. The zero-order valence-corrected chi connectivity index (χ0v) is 11.3. The molecule has 0 saturated heterocycles. The average Bonchev–Trinajstić information content (AvgIpc) is 3.17. The lowest BCUT2D eigenvalue weighted by molar-refractivity contribution is -0.383. The van der Waals surface area contributed by atoms with Gasteiger partial charge in [-0.3, -0.25) is 10.1 Å². The number of nitro groups is 1. The van der Waals surface area contributed by atoms with E-state index in [9.17, 15) is 10.1 Å². The molecule has 0 unspecified atom stereocenters. The fourth-order valence-corrected chi connectivity index (χ4v) is 2.08. The molecule has 2 N–H and O–H groups in total. The number of nitrogens with one attached hydrogen (secondary N) is 2. The van der Waals surface area contributed by atoms with Crippen LogP contribution in [-0.4, -0.2) is 28.0 Å². The molecule has 1 aliphatic carbocycles. The molecule has 0 bridgehead atoms. The minimum atomic E-state index is -0.439. The zero-order chi connectivity index (χ0) is 13.9. The normalized spacial score (nSPS) is 15.9. The van der Waals surface area contributed by atoms with Gasteiger partial charge in [0.1, 0.15) is 6.33 Å². The summed E-state index contributed by atoms with van der Waals surface area (Å²) < 4.78 is 0. The molecule has 1 heterocycles. The molecule has 7 nitrogen and oxygen atoms in total. The standard InChI is InChI=1S/C12H19N5O2/c1-3-12(5-6-12)7-14-11-9(17(18)19)10(13-4-2)15-8-16-11/h8H,3-7H2,1-2H3,(H2,13,14,15,16). The summed E-state index contributed by atoms with van der Waals surface area (Å²) in [4.78, 5) is 18.7. The quantitative estimate of drug-likeness (QED) is 0.581. The molecular formula is C12H19N5O2. The van der Waals surface area contributed by atoms with Crippen molar-refractivity contribution in [2.75, 3.05) is 23.7 Å². The second-order valence-electron chi connectivity index (χ2n) is 4.91. The molecule has 104 valence electrons. The summed E-state index contributed by atoms with van der Waals surface area (Å²) >= 11 is 0. The van der Waals surface area contributed by atoms with Crippen LogP contribution in [0, 0.1) is 15.5 Å². The lowest BCUT2D eigenvalue weighted by Crippen LogP contribution is -2.17. The molecule has 0 aliphatic heterocycles. The Morgan fingerprint density at radius 1 is 1.32 bits per heavy atom. The van der Waals surface area contributed by atoms with Gasteiger partial charge >= 0.3 is 5.69 Å². The third kappa shape index (κ3) is 2.91. The van der Waals surface area contributed by atoms with Crippen LogP contribution < -0.4 is 10.6 Å². The minimum absolute atomic E-state index is 0.0729. The first-order valence-electron chi connectivity index (χ1n) is 6.59. The Morgan fingerprint density at radius 2 is 1.95 bits per heavy atom. The fraction of sp³-hybridized carbons (Fsp3) is 0.667. The van der Waals surface area contributed by atoms with Crippen molar-refractivity contribution in [3.63, 3.8) is 0 Å². The van der Waals surface area contributed by atoms with Gasteiger partial charge < -0.3 is 10.6 Å². The lowest BCUT2D eigenvalue weighted by atomic mass is 10.0. The predicted molar refractivity (Wildman–Crippen MR) is 73.3 cm³/mol. The van der Waals surface area contributed by atoms with Gasteiger partial charge in [0.15, 0.2) is 0 Å². The summed E-state index contributed by atoms with van der Waals surface area (Å²) in [5.41, 5.74) is 0.230.